The van der Waals surface area contributed by atoms with E-state index in [2.05, 4.69) is 0 Å². The lowest BCUT2D eigenvalue weighted by molar-refractivity contribution is -0.145. The zero-order valence-corrected chi connectivity index (χ0v) is 15.6. The minimum Gasteiger partial charge on any atom is -0.337 e. The van der Waals surface area contributed by atoms with Gasteiger partial charge in [0.25, 0.3) is 5.91 Å². The van der Waals surface area contributed by atoms with Gasteiger partial charge >= 0.3 is 6.18 Å². The summed E-state index contributed by atoms with van der Waals surface area (Å²) < 4.78 is 63.2. The Bertz CT molecular complexity index is 798. The van der Waals surface area contributed by atoms with E-state index >= 15 is 0 Å². The van der Waals surface area contributed by atoms with Crippen molar-refractivity contribution in [1.82, 2.24) is 9.80 Å². The van der Waals surface area contributed by atoms with Gasteiger partial charge in [0.1, 0.15) is 0 Å². The van der Waals surface area contributed by atoms with Crippen LogP contribution in [0.1, 0.15) is 23.2 Å². The first-order valence-corrected chi connectivity index (χ1v) is 10.5. The SMILES string of the molecule is O=C(c1cccc(N2CCCS2(=O)=O)c1)N1CCCN(CC(F)(F)F)CC1. The quantitative estimate of drug-likeness (QED) is 0.771. The third kappa shape index (κ3) is 4.92. The van der Waals surface area contributed by atoms with Gasteiger partial charge in [0.05, 0.1) is 18.0 Å². The molecule has 6 nitrogen and oxygen atoms in total. The molecular weight excluding hydrogens is 383 g/mol. The maximum absolute atomic E-state index is 12.8. The molecule has 150 valence electrons. The predicted octanol–water partition coefficient (Wildman–Crippen LogP) is 1.94. The van der Waals surface area contributed by atoms with Crippen LogP contribution >= 0.6 is 0 Å². The number of sulfonamides is 1. The van der Waals surface area contributed by atoms with Gasteiger partial charge in [0, 0.05) is 38.3 Å². The molecular formula is C17H22F3N3O3S. The fourth-order valence-corrected chi connectivity index (χ4v) is 5.05. The van der Waals surface area contributed by atoms with Gasteiger partial charge in [-0.2, -0.15) is 13.2 Å². The summed E-state index contributed by atoms with van der Waals surface area (Å²) in [7, 11) is -3.34. The molecule has 0 unspecified atom stereocenters. The number of benzene rings is 1. The molecule has 2 aliphatic heterocycles. The highest BCUT2D eigenvalue weighted by molar-refractivity contribution is 7.93. The van der Waals surface area contributed by atoms with Crippen LogP contribution in [0.25, 0.3) is 0 Å². The molecule has 10 heteroatoms. The summed E-state index contributed by atoms with van der Waals surface area (Å²) in [6.07, 6.45) is -3.25. The highest BCUT2D eigenvalue weighted by Crippen LogP contribution is 2.25. The van der Waals surface area contributed by atoms with Crippen LogP contribution in [0.5, 0.6) is 0 Å². The summed E-state index contributed by atoms with van der Waals surface area (Å²) in [6, 6.07) is 6.42. The number of carbonyl (C=O) groups is 1. The zero-order valence-electron chi connectivity index (χ0n) is 14.8. The minimum absolute atomic E-state index is 0.0896. The molecule has 0 saturated carbocycles. The van der Waals surface area contributed by atoms with Gasteiger partial charge in [-0.3, -0.25) is 14.0 Å². The molecule has 27 heavy (non-hydrogen) atoms. The third-order valence-electron chi connectivity index (χ3n) is 4.76. The van der Waals surface area contributed by atoms with E-state index in [1.54, 1.807) is 24.3 Å². The van der Waals surface area contributed by atoms with Gasteiger partial charge in [-0.15, -0.1) is 0 Å². The zero-order chi connectivity index (χ0) is 19.7. The van der Waals surface area contributed by atoms with Crippen molar-refractivity contribution < 1.29 is 26.4 Å². The van der Waals surface area contributed by atoms with Crippen LogP contribution in [0.3, 0.4) is 0 Å². The van der Waals surface area contributed by atoms with Crippen LogP contribution in [0, 0.1) is 0 Å². The van der Waals surface area contributed by atoms with Gasteiger partial charge in [-0.05, 0) is 31.0 Å². The lowest BCUT2D eigenvalue weighted by Crippen LogP contribution is -2.38. The molecule has 2 aliphatic rings. The second kappa shape index (κ2) is 7.67. The fourth-order valence-electron chi connectivity index (χ4n) is 3.49. The lowest BCUT2D eigenvalue weighted by Gasteiger charge is -2.23. The van der Waals surface area contributed by atoms with Gasteiger partial charge < -0.3 is 4.90 Å². The molecule has 0 atom stereocenters. The minimum atomic E-state index is -4.26. The molecule has 1 amide bonds. The Morgan fingerprint density at radius 3 is 2.48 bits per heavy atom. The fraction of sp³-hybridized carbons (Fsp3) is 0.588. The largest absolute Gasteiger partial charge is 0.401 e. The van der Waals surface area contributed by atoms with E-state index in [-0.39, 0.29) is 31.3 Å². The molecule has 0 bridgehead atoms. The smallest absolute Gasteiger partial charge is 0.337 e. The van der Waals surface area contributed by atoms with E-state index in [4.69, 9.17) is 0 Å². The van der Waals surface area contributed by atoms with E-state index in [1.807, 2.05) is 0 Å². The standard InChI is InChI=1S/C17H22F3N3O3S/c18-17(19,20)13-21-6-2-7-22(10-9-21)16(24)14-4-1-5-15(12-14)23-8-3-11-27(23,25)26/h1,4-5,12H,2-3,6-11,13H2. The lowest BCUT2D eigenvalue weighted by atomic mass is 10.1. The summed E-state index contributed by atoms with van der Waals surface area (Å²) in [6.45, 7) is 0.439. The molecule has 1 aromatic rings. The van der Waals surface area contributed by atoms with Crippen molar-refractivity contribution in [2.24, 2.45) is 0 Å². The van der Waals surface area contributed by atoms with Gasteiger partial charge in [-0.25, -0.2) is 8.42 Å². The molecule has 0 N–H and O–H groups in total. The van der Waals surface area contributed by atoms with E-state index in [0.29, 0.717) is 37.2 Å². The number of alkyl halides is 3. The molecule has 1 aromatic carbocycles. The van der Waals surface area contributed by atoms with Crippen molar-refractivity contribution in [2.45, 2.75) is 19.0 Å². The summed E-state index contributed by atoms with van der Waals surface area (Å²) in [5.41, 5.74) is 0.797. The molecule has 0 aliphatic carbocycles. The normalized spacial score (nSPS) is 21.3. The number of rotatable bonds is 3. The Balaban J connectivity index is 1.70. The number of carbonyl (C=O) groups excluding carboxylic acids is 1. The molecule has 2 heterocycles. The maximum Gasteiger partial charge on any atom is 0.401 e. The second-order valence-electron chi connectivity index (χ2n) is 6.83. The average molecular weight is 405 g/mol. The number of nitrogens with zero attached hydrogens (tertiary/aromatic N) is 3. The van der Waals surface area contributed by atoms with Crippen LogP contribution in [-0.4, -0.2) is 75.3 Å². The summed E-state index contributed by atoms with van der Waals surface area (Å²) in [5, 5.41) is 0. The van der Waals surface area contributed by atoms with E-state index in [9.17, 15) is 26.4 Å². The molecule has 0 spiro atoms. The summed E-state index contributed by atoms with van der Waals surface area (Å²) >= 11 is 0. The third-order valence-corrected chi connectivity index (χ3v) is 6.63. The van der Waals surface area contributed by atoms with Gasteiger partial charge in [0.2, 0.25) is 10.0 Å². The first kappa shape index (κ1) is 19.9. The Morgan fingerprint density at radius 1 is 1.04 bits per heavy atom. The van der Waals surface area contributed by atoms with E-state index < -0.39 is 22.7 Å². The van der Waals surface area contributed by atoms with Crippen LogP contribution in [0.2, 0.25) is 0 Å². The van der Waals surface area contributed by atoms with Crippen molar-refractivity contribution in [3.8, 4) is 0 Å². The Morgan fingerprint density at radius 2 is 1.81 bits per heavy atom. The van der Waals surface area contributed by atoms with Gasteiger partial charge in [-0.1, -0.05) is 6.07 Å². The Labute approximate surface area is 156 Å². The molecule has 2 fully saturated rings. The van der Waals surface area contributed by atoms with Crippen molar-refractivity contribution in [3.63, 3.8) is 0 Å². The van der Waals surface area contributed by atoms with Crippen molar-refractivity contribution in [3.05, 3.63) is 29.8 Å². The molecule has 3 rings (SSSR count). The maximum atomic E-state index is 12.8. The number of hydrogen-bond acceptors (Lipinski definition) is 4. The second-order valence-corrected chi connectivity index (χ2v) is 8.84. The topological polar surface area (TPSA) is 60.9 Å². The number of halogens is 3. The average Bonchev–Trinajstić information content (AvgIpc) is 2.79. The van der Waals surface area contributed by atoms with Gasteiger partial charge in [0.15, 0.2) is 0 Å². The highest BCUT2D eigenvalue weighted by Gasteiger charge is 2.32. The van der Waals surface area contributed by atoms with Crippen molar-refractivity contribution in [2.75, 3.05) is 49.3 Å². The van der Waals surface area contributed by atoms with Crippen molar-refractivity contribution >= 4 is 21.6 Å². The first-order chi connectivity index (χ1) is 12.7. The summed E-state index contributed by atoms with van der Waals surface area (Å²) in [5.74, 6) is -0.200. The summed E-state index contributed by atoms with van der Waals surface area (Å²) in [4.78, 5) is 15.6. The first-order valence-electron chi connectivity index (χ1n) is 8.85. The molecule has 0 aromatic heterocycles. The Kier molecular flexibility index (Phi) is 5.66. The van der Waals surface area contributed by atoms with Crippen LogP contribution in [0.15, 0.2) is 24.3 Å². The number of hydrogen-bond donors (Lipinski definition) is 0. The Hall–Kier alpha value is -1.81. The molecule has 2 saturated heterocycles. The van der Waals surface area contributed by atoms with E-state index in [1.165, 1.54) is 14.1 Å². The van der Waals surface area contributed by atoms with Crippen LogP contribution < -0.4 is 4.31 Å². The number of anilines is 1. The van der Waals surface area contributed by atoms with Crippen molar-refractivity contribution in [1.29, 1.82) is 0 Å². The monoisotopic (exact) mass is 405 g/mol. The van der Waals surface area contributed by atoms with Crippen LogP contribution in [-0.2, 0) is 10.0 Å². The predicted molar refractivity (Wildman–Crippen MR) is 95.2 cm³/mol. The van der Waals surface area contributed by atoms with Crippen LogP contribution in [0.4, 0.5) is 18.9 Å². The number of amides is 1. The van der Waals surface area contributed by atoms with E-state index in [0.717, 1.165) is 0 Å². The highest BCUT2D eigenvalue weighted by atomic mass is 32.2. The molecule has 0 radical (unpaired) electrons.